The fraction of sp³-hybridized carbons (Fsp3) is 0.833. The van der Waals surface area contributed by atoms with Crippen LogP contribution in [-0.2, 0) is 14.3 Å². The maximum atomic E-state index is 13.9. The summed E-state index contributed by atoms with van der Waals surface area (Å²) in [5.41, 5.74) is 0. The Kier molecular flexibility index (Phi) is 4.60. The Hall–Kier alpha value is -1.00. The first-order chi connectivity index (χ1) is 7.91. The molecule has 0 heterocycles. The van der Waals surface area contributed by atoms with Crippen molar-refractivity contribution in [3.8, 4) is 0 Å². The summed E-state index contributed by atoms with van der Waals surface area (Å²) in [7, 11) is 0. The van der Waals surface area contributed by atoms with Crippen LogP contribution in [0.2, 0.25) is 0 Å². The van der Waals surface area contributed by atoms with Crippen molar-refractivity contribution >= 4 is 11.8 Å². The number of ketones is 1. The number of hydrogen-bond donors (Lipinski definition) is 0. The SMILES string of the molecule is CCOC(=O)C(F)(F)[C@@H]1CCCC[C@@H]1C(C)=O. The predicted octanol–water partition coefficient (Wildman–Crippen LogP) is 2.58. The Balaban J connectivity index is 2.86. The summed E-state index contributed by atoms with van der Waals surface area (Å²) in [4.78, 5) is 22.6. The number of rotatable bonds is 4. The van der Waals surface area contributed by atoms with Crippen LogP contribution in [-0.4, -0.2) is 24.3 Å². The Bertz CT molecular complexity index is 302. The van der Waals surface area contributed by atoms with Crippen molar-refractivity contribution in [2.45, 2.75) is 45.5 Å². The van der Waals surface area contributed by atoms with Gasteiger partial charge in [0.1, 0.15) is 5.78 Å². The van der Waals surface area contributed by atoms with E-state index in [1.165, 1.54) is 13.8 Å². The van der Waals surface area contributed by atoms with Gasteiger partial charge in [-0.15, -0.1) is 0 Å². The number of hydrogen-bond acceptors (Lipinski definition) is 3. The van der Waals surface area contributed by atoms with Gasteiger partial charge in [-0.3, -0.25) is 4.79 Å². The maximum absolute atomic E-state index is 13.9. The molecule has 0 aliphatic heterocycles. The molecule has 2 atom stereocenters. The molecular formula is C12H18F2O3. The van der Waals surface area contributed by atoms with E-state index in [1.807, 2.05) is 0 Å². The number of halogens is 2. The Morgan fingerprint density at radius 2 is 1.88 bits per heavy atom. The van der Waals surface area contributed by atoms with Crippen LogP contribution >= 0.6 is 0 Å². The molecule has 0 radical (unpaired) electrons. The summed E-state index contributed by atoms with van der Waals surface area (Å²) >= 11 is 0. The molecule has 0 unspecified atom stereocenters. The highest BCUT2D eigenvalue weighted by Crippen LogP contribution is 2.41. The molecule has 1 saturated carbocycles. The van der Waals surface area contributed by atoms with Crippen LogP contribution in [0.4, 0.5) is 8.78 Å². The van der Waals surface area contributed by atoms with Crippen molar-refractivity contribution in [1.29, 1.82) is 0 Å². The summed E-state index contributed by atoms with van der Waals surface area (Å²) in [6.45, 7) is 2.72. The summed E-state index contributed by atoms with van der Waals surface area (Å²) in [5, 5.41) is 0. The first-order valence-electron chi connectivity index (χ1n) is 5.96. The van der Waals surface area contributed by atoms with Gasteiger partial charge in [0.15, 0.2) is 0 Å². The van der Waals surface area contributed by atoms with Crippen molar-refractivity contribution in [2.75, 3.05) is 6.61 Å². The fourth-order valence-corrected chi connectivity index (χ4v) is 2.43. The summed E-state index contributed by atoms with van der Waals surface area (Å²) in [5.74, 6) is -7.24. The van der Waals surface area contributed by atoms with Gasteiger partial charge in [-0.1, -0.05) is 12.8 Å². The van der Waals surface area contributed by atoms with Crippen LogP contribution in [0.3, 0.4) is 0 Å². The first kappa shape index (κ1) is 14.1. The van der Waals surface area contributed by atoms with Gasteiger partial charge in [0.25, 0.3) is 0 Å². The van der Waals surface area contributed by atoms with E-state index in [1.54, 1.807) is 0 Å². The lowest BCUT2D eigenvalue weighted by molar-refractivity contribution is -0.186. The van der Waals surface area contributed by atoms with Gasteiger partial charge in [-0.25, -0.2) is 4.79 Å². The van der Waals surface area contributed by atoms with Gasteiger partial charge in [0.2, 0.25) is 0 Å². The van der Waals surface area contributed by atoms with Gasteiger partial charge in [-0.05, 0) is 26.7 Å². The van der Waals surface area contributed by atoms with Crippen molar-refractivity contribution < 1.29 is 23.1 Å². The minimum absolute atomic E-state index is 0.0775. The molecule has 0 saturated heterocycles. The summed E-state index contributed by atoms with van der Waals surface area (Å²) in [6.07, 6.45) is 2.04. The van der Waals surface area contributed by atoms with Gasteiger partial charge < -0.3 is 4.74 Å². The molecule has 5 heteroatoms. The highest BCUT2D eigenvalue weighted by molar-refractivity contribution is 5.82. The van der Waals surface area contributed by atoms with Gasteiger partial charge >= 0.3 is 11.9 Å². The van der Waals surface area contributed by atoms with Gasteiger partial charge in [-0.2, -0.15) is 8.78 Å². The van der Waals surface area contributed by atoms with E-state index < -0.39 is 23.7 Å². The van der Waals surface area contributed by atoms with E-state index in [-0.39, 0.29) is 18.8 Å². The molecule has 98 valence electrons. The highest BCUT2D eigenvalue weighted by Gasteiger charge is 2.53. The quantitative estimate of drug-likeness (QED) is 0.718. The number of ether oxygens (including phenoxy) is 1. The Morgan fingerprint density at radius 3 is 2.41 bits per heavy atom. The molecule has 17 heavy (non-hydrogen) atoms. The molecule has 0 spiro atoms. The normalized spacial score (nSPS) is 25.4. The second-order valence-electron chi connectivity index (χ2n) is 4.45. The molecule has 0 aromatic rings. The van der Waals surface area contributed by atoms with Gasteiger partial charge in [0, 0.05) is 11.8 Å². The third-order valence-corrected chi connectivity index (χ3v) is 3.30. The second-order valence-corrected chi connectivity index (χ2v) is 4.45. The minimum atomic E-state index is -3.55. The second kappa shape index (κ2) is 5.56. The van der Waals surface area contributed by atoms with E-state index in [0.717, 1.165) is 6.42 Å². The number of carbonyl (C=O) groups excluding carboxylic acids is 2. The topological polar surface area (TPSA) is 43.4 Å². The zero-order valence-corrected chi connectivity index (χ0v) is 10.2. The smallest absolute Gasteiger partial charge is 0.377 e. The van der Waals surface area contributed by atoms with E-state index in [2.05, 4.69) is 4.74 Å². The monoisotopic (exact) mass is 248 g/mol. The summed E-state index contributed by atoms with van der Waals surface area (Å²) < 4.78 is 32.1. The minimum Gasteiger partial charge on any atom is -0.462 e. The van der Waals surface area contributed by atoms with E-state index >= 15 is 0 Å². The molecule has 0 bridgehead atoms. The van der Waals surface area contributed by atoms with Crippen molar-refractivity contribution in [3.63, 3.8) is 0 Å². The van der Waals surface area contributed by atoms with Crippen LogP contribution < -0.4 is 0 Å². The molecule has 0 N–H and O–H groups in total. The Labute approximate surface area is 99.5 Å². The van der Waals surface area contributed by atoms with Crippen molar-refractivity contribution in [3.05, 3.63) is 0 Å². The molecule has 0 aromatic carbocycles. The molecule has 1 rings (SSSR count). The summed E-state index contributed by atoms with van der Waals surface area (Å²) in [6, 6.07) is 0. The average Bonchev–Trinajstić information content (AvgIpc) is 2.29. The lowest BCUT2D eigenvalue weighted by Gasteiger charge is -2.34. The lowest BCUT2D eigenvalue weighted by Crippen LogP contribution is -2.45. The molecule has 1 fully saturated rings. The van der Waals surface area contributed by atoms with Crippen LogP contribution in [0.5, 0.6) is 0 Å². The highest BCUT2D eigenvalue weighted by atomic mass is 19.3. The molecule has 0 amide bonds. The zero-order valence-electron chi connectivity index (χ0n) is 10.2. The fourth-order valence-electron chi connectivity index (χ4n) is 2.43. The van der Waals surface area contributed by atoms with Crippen molar-refractivity contribution in [1.82, 2.24) is 0 Å². The van der Waals surface area contributed by atoms with E-state index in [9.17, 15) is 18.4 Å². The van der Waals surface area contributed by atoms with Crippen LogP contribution in [0, 0.1) is 11.8 Å². The number of esters is 1. The van der Waals surface area contributed by atoms with Crippen LogP contribution in [0.15, 0.2) is 0 Å². The molecular weight excluding hydrogens is 230 g/mol. The maximum Gasteiger partial charge on any atom is 0.377 e. The van der Waals surface area contributed by atoms with E-state index in [4.69, 9.17) is 0 Å². The van der Waals surface area contributed by atoms with Crippen molar-refractivity contribution in [2.24, 2.45) is 11.8 Å². The average molecular weight is 248 g/mol. The lowest BCUT2D eigenvalue weighted by atomic mass is 9.74. The standard InChI is InChI=1S/C12H18F2O3/c1-3-17-11(16)12(13,14)10-7-5-4-6-9(10)8(2)15/h9-10H,3-7H2,1-2H3/t9-,10-/m1/s1. The van der Waals surface area contributed by atoms with Crippen LogP contribution in [0.25, 0.3) is 0 Å². The zero-order chi connectivity index (χ0) is 13.1. The molecule has 1 aliphatic rings. The number of carbonyl (C=O) groups is 2. The largest absolute Gasteiger partial charge is 0.462 e. The first-order valence-corrected chi connectivity index (χ1v) is 5.96. The predicted molar refractivity (Wildman–Crippen MR) is 57.7 cm³/mol. The third kappa shape index (κ3) is 3.01. The Morgan fingerprint density at radius 1 is 1.29 bits per heavy atom. The molecule has 0 aromatic heterocycles. The van der Waals surface area contributed by atoms with Crippen LogP contribution in [0.1, 0.15) is 39.5 Å². The van der Waals surface area contributed by atoms with Gasteiger partial charge in [0.05, 0.1) is 6.61 Å². The van der Waals surface area contributed by atoms with E-state index in [0.29, 0.717) is 12.8 Å². The number of alkyl halides is 2. The third-order valence-electron chi connectivity index (χ3n) is 3.30. The molecule has 3 nitrogen and oxygen atoms in total. The molecule has 1 aliphatic carbocycles. The number of Topliss-reactive ketones (excluding diaryl/α,β-unsaturated/α-hetero) is 1.